The van der Waals surface area contributed by atoms with Gasteiger partial charge in [0.15, 0.2) is 11.5 Å². The number of thioether (sulfide) groups is 1. The molecular formula is C21H14ClNO5S3. The number of benzene rings is 1. The van der Waals surface area contributed by atoms with Gasteiger partial charge >= 0.3 is 5.97 Å². The van der Waals surface area contributed by atoms with E-state index in [4.69, 9.17) is 37.7 Å². The van der Waals surface area contributed by atoms with Gasteiger partial charge < -0.3 is 13.9 Å². The maximum absolute atomic E-state index is 12.8. The highest BCUT2D eigenvalue weighted by atomic mass is 35.5. The van der Waals surface area contributed by atoms with Crippen LogP contribution >= 0.6 is 46.9 Å². The van der Waals surface area contributed by atoms with Crippen molar-refractivity contribution >= 4 is 69.2 Å². The predicted octanol–water partition coefficient (Wildman–Crippen LogP) is 5.62. The fraction of sp³-hybridized carbons (Fsp3) is 0.0952. The Labute approximate surface area is 196 Å². The van der Waals surface area contributed by atoms with Gasteiger partial charge in [0.05, 0.1) is 29.8 Å². The van der Waals surface area contributed by atoms with Crippen LogP contribution in [0, 0.1) is 0 Å². The van der Waals surface area contributed by atoms with Gasteiger partial charge in [-0.2, -0.15) is 0 Å². The molecule has 0 atom stereocenters. The second kappa shape index (κ2) is 9.27. The Morgan fingerprint density at radius 3 is 2.84 bits per heavy atom. The van der Waals surface area contributed by atoms with Crippen LogP contribution in [0.3, 0.4) is 0 Å². The number of amides is 1. The van der Waals surface area contributed by atoms with Crippen molar-refractivity contribution in [1.29, 1.82) is 0 Å². The smallest absolute Gasteiger partial charge is 0.353 e. The average molecular weight is 492 g/mol. The summed E-state index contributed by atoms with van der Waals surface area (Å²) in [5.74, 6) is 0.274. The van der Waals surface area contributed by atoms with Gasteiger partial charge in [0.25, 0.3) is 5.91 Å². The van der Waals surface area contributed by atoms with E-state index >= 15 is 0 Å². The number of hydrogen-bond acceptors (Lipinski definition) is 8. The minimum atomic E-state index is -0.526. The van der Waals surface area contributed by atoms with Crippen molar-refractivity contribution in [3.63, 3.8) is 0 Å². The van der Waals surface area contributed by atoms with E-state index in [9.17, 15) is 9.59 Å². The van der Waals surface area contributed by atoms with Crippen LogP contribution in [-0.4, -0.2) is 28.2 Å². The molecule has 0 unspecified atom stereocenters. The molecule has 3 heterocycles. The topological polar surface area (TPSA) is 69.0 Å². The first-order valence-electron chi connectivity index (χ1n) is 8.87. The normalized spacial score (nSPS) is 15.0. The highest BCUT2D eigenvalue weighted by Crippen LogP contribution is 2.39. The maximum Gasteiger partial charge on any atom is 0.353 e. The van der Waals surface area contributed by atoms with E-state index in [0.717, 1.165) is 0 Å². The van der Waals surface area contributed by atoms with Crippen LogP contribution in [-0.2, 0) is 11.3 Å². The van der Waals surface area contributed by atoms with Crippen LogP contribution < -0.4 is 9.47 Å². The number of furan rings is 1. The van der Waals surface area contributed by atoms with Crippen LogP contribution in [0.15, 0.2) is 57.4 Å². The minimum absolute atomic E-state index is 0.116. The zero-order valence-electron chi connectivity index (χ0n) is 16.0. The molecule has 1 aliphatic rings. The van der Waals surface area contributed by atoms with Crippen LogP contribution in [0.1, 0.15) is 21.0 Å². The van der Waals surface area contributed by atoms with E-state index in [1.165, 1.54) is 35.1 Å². The van der Waals surface area contributed by atoms with Gasteiger partial charge in [0, 0.05) is 0 Å². The second-order valence-corrected chi connectivity index (χ2v) is 9.28. The quantitative estimate of drug-likeness (QED) is 0.192. The highest BCUT2D eigenvalue weighted by Gasteiger charge is 2.32. The number of hydrogen-bond donors (Lipinski definition) is 0. The Morgan fingerprint density at radius 2 is 2.16 bits per heavy atom. The summed E-state index contributed by atoms with van der Waals surface area (Å²) in [6.45, 7) is 0.261. The molecule has 0 aliphatic carbocycles. The molecule has 0 radical (unpaired) electrons. The predicted molar refractivity (Wildman–Crippen MR) is 125 cm³/mol. The summed E-state index contributed by atoms with van der Waals surface area (Å²) in [4.78, 5) is 27.5. The molecule has 3 aromatic rings. The SMILES string of the molecule is COc1cc(/C=C2\SC(=S)N(Cc3ccco3)C2=O)cc(Cl)c1OC(=O)c1cccs1. The summed E-state index contributed by atoms with van der Waals surface area (Å²) in [6, 6.07) is 10.2. The van der Waals surface area contributed by atoms with E-state index in [-0.39, 0.29) is 29.0 Å². The Kier molecular flexibility index (Phi) is 6.47. The number of thiophene rings is 1. The Hall–Kier alpha value is -2.59. The molecule has 10 heteroatoms. The molecule has 1 fully saturated rings. The number of methoxy groups -OCH3 is 1. The summed E-state index contributed by atoms with van der Waals surface area (Å²) in [5.41, 5.74) is 0.608. The van der Waals surface area contributed by atoms with E-state index in [2.05, 4.69) is 0 Å². The van der Waals surface area contributed by atoms with Crippen molar-refractivity contribution in [2.75, 3.05) is 7.11 Å². The Morgan fingerprint density at radius 1 is 1.32 bits per heavy atom. The summed E-state index contributed by atoms with van der Waals surface area (Å²) in [5, 5.41) is 1.96. The average Bonchev–Trinajstić information content (AvgIpc) is 3.50. The summed E-state index contributed by atoms with van der Waals surface area (Å²) in [6.07, 6.45) is 3.21. The van der Waals surface area contributed by atoms with Crippen molar-refractivity contribution in [2.45, 2.75) is 6.54 Å². The molecule has 31 heavy (non-hydrogen) atoms. The van der Waals surface area contributed by atoms with E-state index in [0.29, 0.717) is 25.4 Å². The molecule has 0 N–H and O–H groups in total. The lowest BCUT2D eigenvalue weighted by atomic mass is 10.1. The molecule has 4 rings (SSSR count). The first-order valence-corrected chi connectivity index (χ1v) is 11.4. The minimum Gasteiger partial charge on any atom is -0.493 e. The number of carbonyl (C=O) groups excluding carboxylic acids is 2. The van der Waals surface area contributed by atoms with Crippen molar-refractivity contribution in [3.05, 3.63) is 74.2 Å². The molecular weight excluding hydrogens is 478 g/mol. The summed E-state index contributed by atoms with van der Waals surface area (Å²) >= 11 is 14.2. The molecule has 1 aromatic carbocycles. The van der Waals surface area contributed by atoms with Gasteiger partial charge in [-0.15, -0.1) is 11.3 Å². The summed E-state index contributed by atoms with van der Waals surface area (Å²) < 4.78 is 16.5. The molecule has 1 amide bonds. The third kappa shape index (κ3) is 4.69. The third-order valence-corrected chi connectivity index (χ3v) is 6.74. The monoisotopic (exact) mass is 491 g/mol. The molecule has 0 bridgehead atoms. The number of nitrogens with zero attached hydrogens (tertiary/aromatic N) is 1. The van der Waals surface area contributed by atoms with Crippen LogP contribution in [0.5, 0.6) is 11.5 Å². The van der Waals surface area contributed by atoms with Crippen LogP contribution in [0.25, 0.3) is 6.08 Å². The van der Waals surface area contributed by atoms with Gasteiger partial charge in [-0.1, -0.05) is 41.6 Å². The molecule has 6 nitrogen and oxygen atoms in total. The van der Waals surface area contributed by atoms with Gasteiger partial charge in [-0.25, -0.2) is 4.79 Å². The van der Waals surface area contributed by atoms with Crippen LogP contribution in [0.4, 0.5) is 0 Å². The first-order chi connectivity index (χ1) is 15.0. The molecule has 1 aliphatic heterocycles. The molecule has 2 aromatic heterocycles. The lowest BCUT2D eigenvalue weighted by Crippen LogP contribution is -2.27. The van der Waals surface area contributed by atoms with Crippen molar-refractivity contribution in [3.8, 4) is 11.5 Å². The van der Waals surface area contributed by atoms with Gasteiger partial charge in [0.1, 0.15) is 15.0 Å². The fourth-order valence-electron chi connectivity index (χ4n) is 2.81. The maximum atomic E-state index is 12.8. The van der Waals surface area contributed by atoms with Gasteiger partial charge in [0.2, 0.25) is 0 Å². The van der Waals surface area contributed by atoms with Crippen molar-refractivity contribution in [2.24, 2.45) is 0 Å². The zero-order valence-corrected chi connectivity index (χ0v) is 19.2. The summed E-state index contributed by atoms with van der Waals surface area (Å²) in [7, 11) is 1.45. The molecule has 1 saturated heterocycles. The lowest BCUT2D eigenvalue weighted by molar-refractivity contribution is -0.122. The molecule has 158 valence electrons. The second-order valence-electron chi connectivity index (χ2n) is 6.25. The Bertz CT molecular complexity index is 1170. The van der Waals surface area contributed by atoms with E-state index in [1.807, 2.05) is 0 Å². The van der Waals surface area contributed by atoms with Gasteiger partial charge in [-0.05, 0) is 47.4 Å². The first kappa shape index (κ1) is 21.6. The number of esters is 1. The zero-order chi connectivity index (χ0) is 22.0. The van der Waals surface area contributed by atoms with E-state index in [1.54, 1.807) is 54.1 Å². The molecule has 0 spiro atoms. The highest BCUT2D eigenvalue weighted by molar-refractivity contribution is 8.26. The fourth-order valence-corrected chi connectivity index (χ4v) is 4.92. The number of halogens is 1. The largest absolute Gasteiger partial charge is 0.493 e. The number of ether oxygens (including phenoxy) is 2. The Balaban J connectivity index is 1.58. The van der Waals surface area contributed by atoms with Gasteiger partial charge in [-0.3, -0.25) is 9.69 Å². The van der Waals surface area contributed by atoms with E-state index < -0.39 is 5.97 Å². The van der Waals surface area contributed by atoms with Crippen molar-refractivity contribution in [1.82, 2.24) is 4.90 Å². The third-order valence-electron chi connectivity index (χ3n) is 4.23. The molecule has 0 saturated carbocycles. The lowest BCUT2D eigenvalue weighted by Gasteiger charge is -2.12. The number of rotatable bonds is 6. The number of thiocarbonyl (C=S) groups is 1. The van der Waals surface area contributed by atoms with Crippen LogP contribution in [0.2, 0.25) is 5.02 Å². The standard InChI is InChI=1S/C21H14ClNO5S3/c1-26-15-9-12(8-14(22)18(15)28-20(25)16-5-3-7-30-16)10-17-19(24)23(21(29)31-17)11-13-4-2-6-27-13/h2-10H,11H2,1H3/b17-10-. The number of carbonyl (C=O) groups is 2. The van der Waals surface area contributed by atoms with Crippen molar-refractivity contribution < 1.29 is 23.5 Å².